The molecule has 3 aromatic rings. The molecule has 2 aromatic carbocycles. The number of halogens is 1. The molecule has 0 radical (unpaired) electrons. The van der Waals surface area contributed by atoms with Gasteiger partial charge in [-0.15, -0.1) is 0 Å². The minimum absolute atomic E-state index is 0.0458. The van der Waals surface area contributed by atoms with Gasteiger partial charge in [-0.3, -0.25) is 9.59 Å². The Kier molecular flexibility index (Phi) is 6.24. The first-order valence-electron chi connectivity index (χ1n) is 10.6. The lowest BCUT2D eigenvalue weighted by Gasteiger charge is -2.16. The molecule has 0 saturated carbocycles. The van der Waals surface area contributed by atoms with E-state index in [4.69, 9.17) is 16.3 Å². The standard InChI is InChI=1S/C25H24ClN3O4/c1-14-4-5-15(2)29(14)19-7-8-21(26)20(12-19)25(32)33-13-24(31)27-16(3)17-6-9-22-18(10-17)11-23(30)28-22/h4-10,12,16H,11,13H2,1-3H3,(H,27,31)(H,28,30). The van der Waals surface area contributed by atoms with E-state index in [9.17, 15) is 14.4 Å². The van der Waals surface area contributed by atoms with E-state index >= 15 is 0 Å². The summed E-state index contributed by atoms with van der Waals surface area (Å²) in [5, 5.41) is 5.84. The molecule has 2 heterocycles. The smallest absolute Gasteiger partial charge is 0.340 e. The van der Waals surface area contributed by atoms with E-state index in [2.05, 4.69) is 10.6 Å². The highest BCUT2D eigenvalue weighted by molar-refractivity contribution is 6.33. The Morgan fingerprint density at radius 1 is 1.12 bits per heavy atom. The maximum absolute atomic E-state index is 12.6. The molecular formula is C25H24ClN3O4. The van der Waals surface area contributed by atoms with Crippen molar-refractivity contribution in [2.45, 2.75) is 33.2 Å². The molecule has 1 aromatic heterocycles. The molecule has 0 saturated heterocycles. The van der Waals surface area contributed by atoms with Crippen LogP contribution in [0.15, 0.2) is 48.5 Å². The molecule has 33 heavy (non-hydrogen) atoms. The summed E-state index contributed by atoms with van der Waals surface area (Å²) in [6, 6.07) is 14.3. The van der Waals surface area contributed by atoms with E-state index in [0.29, 0.717) is 6.42 Å². The average Bonchev–Trinajstić information content (AvgIpc) is 3.32. The molecule has 1 atom stereocenters. The second-order valence-corrected chi connectivity index (χ2v) is 8.53. The molecule has 170 valence electrons. The van der Waals surface area contributed by atoms with Gasteiger partial charge in [-0.2, -0.15) is 0 Å². The van der Waals surface area contributed by atoms with E-state index in [-0.39, 0.29) is 22.5 Å². The van der Waals surface area contributed by atoms with Gasteiger partial charge < -0.3 is 19.9 Å². The number of carbonyl (C=O) groups is 3. The van der Waals surface area contributed by atoms with Crippen molar-refractivity contribution in [3.05, 3.63) is 81.6 Å². The largest absolute Gasteiger partial charge is 0.452 e. The number of aryl methyl sites for hydroxylation is 2. The van der Waals surface area contributed by atoms with Crippen LogP contribution in [0, 0.1) is 13.8 Å². The second kappa shape index (κ2) is 9.11. The Hall–Kier alpha value is -3.58. The van der Waals surface area contributed by atoms with Crippen LogP contribution >= 0.6 is 11.6 Å². The first kappa shape index (κ1) is 22.6. The summed E-state index contributed by atoms with van der Waals surface area (Å²) in [5.41, 5.74) is 5.57. The molecule has 1 unspecified atom stereocenters. The van der Waals surface area contributed by atoms with Crippen LogP contribution in [-0.2, 0) is 20.7 Å². The van der Waals surface area contributed by atoms with Crippen LogP contribution < -0.4 is 10.6 Å². The van der Waals surface area contributed by atoms with Gasteiger partial charge in [-0.05, 0) is 68.3 Å². The number of rotatable bonds is 6. The number of carbonyl (C=O) groups excluding carboxylic acids is 3. The normalized spacial score (nSPS) is 13.3. The number of anilines is 1. The van der Waals surface area contributed by atoms with Gasteiger partial charge in [-0.1, -0.05) is 23.7 Å². The molecule has 2 amide bonds. The first-order valence-corrected chi connectivity index (χ1v) is 10.9. The van der Waals surface area contributed by atoms with Crippen LogP contribution in [0.1, 0.15) is 45.8 Å². The molecule has 1 aliphatic heterocycles. The Labute approximate surface area is 196 Å². The minimum Gasteiger partial charge on any atom is -0.452 e. The second-order valence-electron chi connectivity index (χ2n) is 8.12. The number of benzene rings is 2. The van der Waals surface area contributed by atoms with Crippen LogP contribution in [0.4, 0.5) is 5.69 Å². The van der Waals surface area contributed by atoms with Crippen LogP contribution in [0.2, 0.25) is 5.02 Å². The van der Waals surface area contributed by atoms with Crippen molar-refractivity contribution in [2.24, 2.45) is 0 Å². The maximum atomic E-state index is 12.6. The predicted octanol–water partition coefficient (Wildman–Crippen LogP) is 4.28. The molecule has 0 fully saturated rings. The third-order valence-corrected chi connectivity index (χ3v) is 6.00. The maximum Gasteiger partial charge on any atom is 0.340 e. The minimum atomic E-state index is -0.672. The molecule has 8 heteroatoms. The number of esters is 1. The Bertz CT molecular complexity index is 1250. The molecule has 2 N–H and O–H groups in total. The SMILES string of the molecule is Cc1ccc(C)n1-c1ccc(Cl)c(C(=O)OCC(=O)NC(C)c2ccc3c(c2)CC(=O)N3)c1. The highest BCUT2D eigenvalue weighted by Gasteiger charge is 2.20. The monoisotopic (exact) mass is 465 g/mol. The van der Waals surface area contributed by atoms with Crippen molar-refractivity contribution >= 4 is 35.1 Å². The Balaban J connectivity index is 1.39. The quantitative estimate of drug-likeness (QED) is 0.532. The molecule has 7 nitrogen and oxygen atoms in total. The third-order valence-electron chi connectivity index (χ3n) is 5.67. The fourth-order valence-corrected chi connectivity index (χ4v) is 4.17. The molecule has 1 aliphatic rings. The number of hydrogen-bond acceptors (Lipinski definition) is 4. The van der Waals surface area contributed by atoms with Crippen molar-refractivity contribution < 1.29 is 19.1 Å². The van der Waals surface area contributed by atoms with Gasteiger partial charge in [0, 0.05) is 22.8 Å². The topological polar surface area (TPSA) is 89.4 Å². The predicted molar refractivity (Wildman–Crippen MR) is 126 cm³/mol. The zero-order valence-corrected chi connectivity index (χ0v) is 19.3. The Morgan fingerprint density at radius 3 is 2.58 bits per heavy atom. The van der Waals surface area contributed by atoms with Crippen LogP contribution in [0.5, 0.6) is 0 Å². The van der Waals surface area contributed by atoms with Crippen LogP contribution in [0.25, 0.3) is 5.69 Å². The van der Waals surface area contributed by atoms with Crippen molar-refractivity contribution in [3.63, 3.8) is 0 Å². The molecule has 0 bridgehead atoms. The van der Waals surface area contributed by atoms with E-state index in [1.165, 1.54) is 0 Å². The highest BCUT2D eigenvalue weighted by Crippen LogP contribution is 2.27. The average molecular weight is 466 g/mol. The lowest BCUT2D eigenvalue weighted by atomic mass is 10.0. The first-order chi connectivity index (χ1) is 15.7. The van der Waals surface area contributed by atoms with Gasteiger partial charge in [0.1, 0.15) is 0 Å². The number of fused-ring (bicyclic) bond motifs is 1. The number of nitrogens with one attached hydrogen (secondary N) is 2. The van der Waals surface area contributed by atoms with Gasteiger partial charge >= 0.3 is 5.97 Å². The van der Waals surface area contributed by atoms with Crippen molar-refractivity contribution in [1.29, 1.82) is 0 Å². The number of nitrogens with zero attached hydrogens (tertiary/aromatic N) is 1. The van der Waals surface area contributed by atoms with E-state index in [1.807, 2.05) is 61.7 Å². The van der Waals surface area contributed by atoms with Gasteiger partial charge in [0.15, 0.2) is 6.61 Å². The van der Waals surface area contributed by atoms with Gasteiger partial charge in [0.05, 0.1) is 23.0 Å². The van der Waals surface area contributed by atoms with E-state index in [0.717, 1.165) is 33.9 Å². The van der Waals surface area contributed by atoms with Crippen molar-refractivity contribution in [1.82, 2.24) is 9.88 Å². The fourth-order valence-electron chi connectivity index (χ4n) is 3.98. The summed E-state index contributed by atoms with van der Waals surface area (Å²) in [4.78, 5) is 36.6. The van der Waals surface area contributed by atoms with Gasteiger partial charge in [0.25, 0.3) is 5.91 Å². The molecular weight excluding hydrogens is 442 g/mol. The van der Waals surface area contributed by atoms with Crippen molar-refractivity contribution in [3.8, 4) is 5.69 Å². The lowest BCUT2D eigenvalue weighted by molar-refractivity contribution is -0.124. The number of hydrogen-bond donors (Lipinski definition) is 2. The molecule has 0 spiro atoms. The summed E-state index contributed by atoms with van der Waals surface area (Å²) < 4.78 is 7.23. The number of amides is 2. The highest BCUT2D eigenvalue weighted by atomic mass is 35.5. The third kappa shape index (κ3) is 4.78. The van der Waals surface area contributed by atoms with Gasteiger partial charge in [0.2, 0.25) is 5.91 Å². The fraction of sp³-hybridized carbons (Fsp3) is 0.240. The summed E-state index contributed by atoms with van der Waals surface area (Å²) in [5.74, 6) is -1.15. The zero-order valence-electron chi connectivity index (χ0n) is 18.6. The van der Waals surface area contributed by atoms with E-state index < -0.39 is 18.5 Å². The summed E-state index contributed by atoms with van der Waals surface area (Å²) in [6.07, 6.45) is 0.323. The van der Waals surface area contributed by atoms with Gasteiger partial charge in [-0.25, -0.2) is 4.79 Å². The summed E-state index contributed by atoms with van der Waals surface area (Å²) in [6.45, 7) is 5.34. The molecule has 0 aliphatic carbocycles. The number of aromatic nitrogens is 1. The lowest BCUT2D eigenvalue weighted by Crippen LogP contribution is -2.31. The molecule has 4 rings (SSSR count). The van der Waals surface area contributed by atoms with Crippen molar-refractivity contribution in [2.75, 3.05) is 11.9 Å². The zero-order chi connectivity index (χ0) is 23.7. The Morgan fingerprint density at radius 2 is 1.85 bits per heavy atom. The van der Waals surface area contributed by atoms with Crippen LogP contribution in [-0.4, -0.2) is 29.0 Å². The summed E-state index contributed by atoms with van der Waals surface area (Å²) in [7, 11) is 0. The summed E-state index contributed by atoms with van der Waals surface area (Å²) >= 11 is 6.23. The number of ether oxygens (including phenoxy) is 1. The van der Waals surface area contributed by atoms with E-state index in [1.54, 1.807) is 12.1 Å². The van der Waals surface area contributed by atoms with Crippen LogP contribution in [0.3, 0.4) is 0 Å².